The topological polar surface area (TPSA) is 63.2 Å². The van der Waals surface area contributed by atoms with Crippen molar-refractivity contribution < 1.29 is 28.5 Å². The van der Waals surface area contributed by atoms with E-state index in [-0.39, 0.29) is 43.9 Å². The average Bonchev–Trinajstić information content (AvgIpc) is 3.10. The first-order valence-electron chi connectivity index (χ1n) is 9.67. The van der Waals surface area contributed by atoms with Crippen molar-refractivity contribution in [3.8, 4) is 0 Å². The predicted octanol–water partition coefficient (Wildman–Crippen LogP) is 1.83. The Hall–Kier alpha value is -1.73. The Morgan fingerprint density at radius 3 is 2.41 bits per heavy atom. The second-order valence-corrected chi connectivity index (χ2v) is 9.83. The van der Waals surface area contributed by atoms with E-state index in [0.29, 0.717) is 6.61 Å². The molecule has 0 radical (unpaired) electrons. The first kappa shape index (κ1) is 19.2. The SMILES string of the molecule is CO[C@H]1O[C@@H]2CO[C@@H](c3ccccc3)O[C@H]2[C@H]2OC(=O)[C@@H]([Se]c3ccccc3)[C@H]12. The molecule has 0 spiro atoms. The van der Waals surface area contributed by atoms with Gasteiger partial charge in [0.1, 0.15) is 0 Å². The van der Waals surface area contributed by atoms with E-state index in [9.17, 15) is 4.79 Å². The van der Waals surface area contributed by atoms with Gasteiger partial charge in [0.15, 0.2) is 0 Å². The van der Waals surface area contributed by atoms with Gasteiger partial charge in [0, 0.05) is 0 Å². The van der Waals surface area contributed by atoms with Crippen LogP contribution in [-0.2, 0) is 28.5 Å². The van der Waals surface area contributed by atoms with E-state index in [1.54, 1.807) is 7.11 Å². The third kappa shape index (κ3) is 3.63. The molecule has 3 saturated heterocycles. The number of ether oxygens (including phenoxy) is 5. The van der Waals surface area contributed by atoms with E-state index in [0.717, 1.165) is 10.0 Å². The molecule has 152 valence electrons. The van der Waals surface area contributed by atoms with Crippen LogP contribution < -0.4 is 4.46 Å². The van der Waals surface area contributed by atoms with Crippen molar-refractivity contribution in [2.75, 3.05) is 13.7 Å². The van der Waals surface area contributed by atoms with Crippen molar-refractivity contribution >= 4 is 25.4 Å². The molecule has 3 fully saturated rings. The van der Waals surface area contributed by atoms with E-state index < -0.39 is 18.7 Å². The number of benzene rings is 2. The number of methoxy groups -OCH3 is 1. The Morgan fingerprint density at radius 2 is 1.69 bits per heavy atom. The molecule has 0 unspecified atom stereocenters. The zero-order chi connectivity index (χ0) is 19.8. The molecule has 7 atom stereocenters. The average molecular weight is 461 g/mol. The quantitative estimate of drug-likeness (QED) is 0.512. The Morgan fingerprint density at radius 1 is 0.966 bits per heavy atom. The van der Waals surface area contributed by atoms with Gasteiger partial charge < -0.3 is 0 Å². The van der Waals surface area contributed by atoms with Crippen molar-refractivity contribution in [1.82, 2.24) is 0 Å². The van der Waals surface area contributed by atoms with Gasteiger partial charge in [-0.3, -0.25) is 0 Å². The van der Waals surface area contributed by atoms with E-state index in [1.165, 1.54) is 0 Å². The molecule has 3 heterocycles. The molecule has 0 aliphatic carbocycles. The fourth-order valence-corrected chi connectivity index (χ4v) is 6.70. The number of rotatable bonds is 4. The van der Waals surface area contributed by atoms with Crippen LogP contribution in [-0.4, -0.2) is 59.2 Å². The maximum absolute atomic E-state index is 12.8. The molecule has 0 amide bonds. The van der Waals surface area contributed by atoms with Crippen LogP contribution in [0.1, 0.15) is 11.9 Å². The summed E-state index contributed by atoms with van der Waals surface area (Å²) < 4.78 is 30.9. The Labute approximate surface area is 175 Å². The van der Waals surface area contributed by atoms with Gasteiger partial charge in [-0.15, -0.1) is 0 Å². The normalized spacial score (nSPS) is 36.2. The summed E-state index contributed by atoms with van der Waals surface area (Å²) >= 11 is -0.0886. The summed E-state index contributed by atoms with van der Waals surface area (Å²) in [5.74, 6) is -0.398. The Kier molecular flexibility index (Phi) is 5.43. The fraction of sp³-hybridized carbons (Fsp3) is 0.409. The molecule has 2 aromatic carbocycles. The summed E-state index contributed by atoms with van der Waals surface area (Å²) in [6, 6.07) is 19.8. The van der Waals surface area contributed by atoms with Crippen LogP contribution >= 0.6 is 0 Å². The molecule has 3 aliphatic heterocycles. The van der Waals surface area contributed by atoms with Crippen LogP contribution in [0.15, 0.2) is 60.7 Å². The van der Waals surface area contributed by atoms with E-state index in [4.69, 9.17) is 23.7 Å². The number of fused-ring (bicyclic) bond motifs is 3. The number of hydrogen-bond acceptors (Lipinski definition) is 6. The Bertz CT molecular complexity index is 847. The number of hydrogen-bond donors (Lipinski definition) is 0. The third-order valence-electron chi connectivity index (χ3n) is 5.53. The van der Waals surface area contributed by atoms with Crippen molar-refractivity contribution in [3.05, 3.63) is 66.2 Å². The summed E-state index contributed by atoms with van der Waals surface area (Å²) in [4.78, 5) is 12.6. The van der Waals surface area contributed by atoms with E-state index >= 15 is 0 Å². The van der Waals surface area contributed by atoms with Crippen LogP contribution in [0.2, 0.25) is 4.82 Å². The van der Waals surface area contributed by atoms with Crippen molar-refractivity contribution in [2.24, 2.45) is 5.92 Å². The minimum atomic E-state index is -0.524. The number of carbonyl (C=O) groups excluding carboxylic acids is 1. The van der Waals surface area contributed by atoms with Gasteiger partial charge >= 0.3 is 175 Å². The zero-order valence-electron chi connectivity index (χ0n) is 15.9. The summed E-state index contributed by atoms with van der Waals surface area (Å²) in [6.07, 6.45) is -2.15. The molecule has 0 N–H and O–H groups in total. The molecule has 0 aromatic heterocycles. The van der Waals surface area contributed by atoms with Crippen LogP contribution in [0.5, 0.6) is 0 Å². The van der Waals surface area contributed by atoms with Gasteiger partial charge in [0.05, 0.1) is 0 Å². The third-order valence-corrected chi connectivity index (χ3v) is 8.27. The molecule has 0 bridgehead atoms. The van der Waals surface area contributed by atoms with Crippen LogP contribution in [0.3, 0.4) is 0 Å². The fourth-order valence-electron chi connectivity index (χ4n) is 4.18. The summed E-state index contributed by atoms with van der Waals surface area (Å²) in [5.41, 5.74) is 0.936. The Balaban J connectivity index is 1.40. The van der Waals surface area contributed by atoms with Crippen LogP contribution in [0.25, 0.3) is 0 Å². The van der Waals surface area contributed by atoms with E-state index in [1.807, 2.05) is 60.7 Å². The maximum atomic E-state index is 12.8. The molecule has 2 aromatic rings. The first-order valence-corrected chi connectivity index (χ1v) is 11.5. The van der Waals surface area contributed by atoms with Gasteiger partial charge in [0.25, 0.3) is 0 Å². The zero-order valence-corrected chi connectivity index (χ0v) is 17.6. The number of carbonyl (C=O) groups is 1. The van der Waals surface area contributed by atoms with E-state index in [2.05, 4.69) is 0 Å². The summed E-state index contributed by atoms with van der Waals surface area (Å²) in [6.45, 7) is 0.360. The molecular formula is C22H22O6Se. The monoisotopic (exact) mass is 462 g/mol. The first-order chi connectivity index (χ1) is 14.2. The van der Waals surface area contributed by atoms with Gasteiger partial charge in [-0.1, -0.05) is 0 Å². The van der Waals surface area contributed by atoms with Gasteiger partial charge in [-0.2, -0.15) is 0 Å². The number of esters is 1. The second-order valence-electron chi connectivity index (χ2n) is 7.29. The predicted molar refractivity (Wildman–Crippen MR) is 105 cm³/mol. The molecule has 29 heavy (non-hydrogen) atoms. The standard InChI is InChI=1S/C22H22O6Se/c1-24-22-16-18(27-20(23)19(16)29-14-10-6-3-7-11-14)17-15(26-22)12-25-21(28-17)13-8-4-2-5-9-13/h2-11,15-19,21-22H,12H2,1H3/t15-,16-,17-,18+,19+,21-,22+/m1/s1. The molecular weight excluding hydrogens is 439 g/mol. The van der Waals surface area contributed by atoms with Crippen molar-refractivity contribution in [2.45, 2.75) is 35.7 Å². The van der Waals surface area contributed by atoms with Crippen LogP contribution in [0.4, 0.5) is 0 Å². The summed E-state index contributed by atoms with van der Waals surface area (Å²) in [7, 11) is 1.61. The molecule has 3 aliphatic rings. The summed E-state index contributed by atoms with van der Waals surface area (Å²) in [5, 5.41) is 0. The van der Waals surface area contributed by atoms with Crippen molar-refractivity contribution in [3.63, 3.8) is 0 Å². The van der Waals surface area contributed by atoms with Gasteiger partial charge in [-0.25, -0.2) is 0 Å². The van der Waals surface area contributed by atoms with Crippen molar-refractivity contribution in [1.29, 1.82) is 0 Å². The van der Waals surface area contributed by atoms with Crippen LogP contribution in [0, 0.1) is 5.92 Å². The molecule has 0 saturated carbocycles. The van der Waals surface area contributed by atoms with Gasteiger partial charge in [0.2, 0.25) is 0 Å². The molecule has 6 nitrogen and oxygen atoms in total. The molecule has 7 heteroatoms. The van der Waals surface area contributed by atoms with Gasteiger partial charge in [-0.05, 0) is 0 Å². The molecule has 5 rings (SSSR count). The second kappa shape index (κ2) is 8.19. The minimum absolute atomic E-state index is 0.0886.